The predicted octanol–water partition coefficient (Wildman–Crippen LogP) is 2.33. The van der Waals surface area contributed by atoms with Crippen molar-refractivity contribution < 1.29 is 5.11 Å². The van der Waals surface area contributed by atoms with Gasteiger partial charge in [0.05, 0.1) is 12.6 Å². The number of aromatic nitrogens is 1. The van der Waals surface area contributed by atoms with Crippen molar-refractivity contribution in [3.63, 3.8) is 0 Å². The summed E-state index contributed by atoms with van der Waals surface area (Å²) in [6.07, 6.45) is 2.08. The van der Waals surface area contributed by atoms with Crippen LogP contribution in [0.3, 0.4) is 0 Å². The normalized spacial score (nSPS) is 12.6. The fourth-order valence-electron chi connectivity index (χ4n) is 2.12. The van der Waals surface area contributed by atoms with Crippen molar-refractivity contribution in [3.8, 4) is 0 Å². The van der Waals surface area contributed by atoms with Gasteiger partial charge in [0.25, 0.3) is 0 Å². The Labute approximate surface area is 108 Å². The third-order valence-corrected chi connectivity index (χ3v) is 3.18. The molecule has 0 aliphatic heterocycles. The standard InChI is InChI=1S/C15H20N2O/c1-2-17-10-6-9-14(17)11-16-15(12-18)13-7-4-3-5-8-13/h3-10,15-16,18H,2,11-12H2,1H3/t15-/m0/s1. The molecule has 0 unspecified atom stereocenters. The van der Waals surface area contributed by atoms with Crippen molar-refractivity contribution in [2.75, 3.05) is 6.61 Å². The molecule has 3 heteroatoms. The first-order valence-corrected chi connectivity index (χ1v) is 6.38. The SMILES string of the molecule is CCn1cccc1CN[C@@H](CO)c1ccccc1. The van der Waals surface area contributed by atoms with Crippen LogP contribution in [-0.2, 0) is 13.1 Å². The maximum Gasteiger partial charge on any atom is 0.0626 e. The van der Waals surface area contributed by atoms with E-state index in [2.05, 4.69) is 35.1 Å². The van der Waals surface area contributed by atoms with Crippen LogP contribution in [0.1, 0.15) is 24.2 Å². The molecule has 0 spiro atoms. The first kappa shape index (κ1) is 12.9. The van der Waals surface area contributed by atoms with Gasteiger partial charge in [0.15, 0.2) is 0 Å². The van der Waals surface area contributed by atoms with Gasteiger partial charge in [0.1, 0.15) is 0 Å². The van der Waals surface area contributed by atoms with Crippen LogP contribution >= 0.6 is 0 Å². The fraction of sp³-hybridized carbons (Fsp3) is 0.333. The van der Waals surface area contributed by atoms with Crippen molar-refractivity contribution in [2.24, 2.45) is 0 Å². The van der Waals surface area contributed by atoms with Crippen LogP contribution in [0.15, 0.2) is 48.7 Å². The smallest absolute Gasteiger partial charge is 0.0626 e. The van der Waals surface area contributed by atoms with Gasteiger partial charge in [-0.05, 0) is 24.6 Å². The van der Waals surface area contributed by atoms with E-state index in [1.807, 2.05) is 30.3 Å². The number of aliphatic hydroxyl groups excluding tert-OH is 1. The molecule has 0 bridgehead atoms. The van der Waals surface area contributed by atoms with Crippen LogP contribution in [-0.4, -0.2) is 16.3 Å². The summed E-state index contributed by atoms with van der Waals surface area (Å²) in [4.78, 5) is 0. The zero-order valence-electron chi connectivity index (χ0n) is 10.7. The summed E-state index contributed by atoms with van der Waals surface area (Å²) in [5, 5.41) is 12.9. The Morgan fingerprint density at radius 3 is 2.61 bits per heavy atom. The minimum Gasteiger partial charge on any atom is -0.394 e. The number of aliphatic hydroxyl groups is 1. The van der Waals surface area contributed by atoms with Crippen LogP contribution in [0.4, 0.5) is 0 Å². The molecule has 0 radical (unpaired) electrons. The molecule has 0 saturated carbocycles. The van der Waals surface area contributed by atoms with Crippen molar-refractivity contribution in [2.45, 2.75) is 26.1 Å². The van der Waals surface area contributed by atoms with Crippen LogP contribution < -0.4 is 5.32 Å². The molecule has 3 nitrogen and oxygen atoms in total. The Balaban J connectivity index is 2.00. The Morgan fingerprint density at radius 2 is 1.94 bits per heavy atom. The summed E-state index contributed by atoms with van der Waals surface area (Å²) >= 11 is 0. The van der Waals surface area contributed by atoms with E-state index in [0.717, 1.165) is 18.7 Å². The molecule has 0 aliphatic carbocycles. The number of hydrogen-bond donors (Lipinski definition) is 2. The average molecular weight is 244 g/mol. The summed E-state index contributed by atoms with van der Waals surface area (Å²) in [6, 6.07) is 14.2. The summed E-state index contributed by atoms with van der Waals surface area (Å²) in [7, 11) is 0. The van der Waals surface area contributed by atoms with Gasteiger partial charge in [0.2, 0.25) is 0 Å². The molecule has 96 valence electrons. The molecule has 2 aromatic rings. The van der Waals surface area contributed by atoms with E-state index in [4.69, 9.17) is 0 Å². The summed E-state index contributed by atoms with van der Waals surface area (Å²) in [5.41, 5.74) is 2.36. The van der Waals surface area contributed by atoms with E-state index in [0.29, 0.717) is 0 Å². The lowest BCUT2D eigenvalue weighted by Gasteiger charge is -2.17. The molecule has 0 saturated heterocycles. The highest BCUT2D eigenvalue weighted by Gasteiger charge is 2.09. The number of hydrogen-bond acceptors (Lipinski definition) is 2. The Hall–Kier alpha value is -1.58. The van der Waals surface area contributed by atoms with Gasteiger partial charge in [-0.25, -0.2) is 0 Å². The third-order valence-electron chi connectivity index (χ3n) is 3.18. The molecular weight excluding hydrogens is 224 g/mol. The predicted molar refractivity (Wildman–Crippen MR) is 73.2 cm³/mol. The van der Waals surface area contributed by atoms with Gasteiger partial charge in [0, 0.05) is 25.0 Å². The van der Waals surface area contributed by atoms with Crippen molar-refractivity contribution in [3.05, 3.63) is 59.9 Å². The zero-order valence-corrected chi connectivity index (χ0v) is 10.7. The molecule has 1 heterocycles. The molecule has 18 heavy (non-hydrogen) atoms. The van der Waals surface area contributed by atoms with Gasteiger partial charge in [-0.3, -0.25) is 0 Å². The topological polar surface area (TPSA) is 37.2 Å². The first-order valence-electron chi connectivity index (χ1n) is 6.38. The molecule has 2 rings (SSSR count). The van der Waals surface area contributed by atoms with Crippen LogP contribution in [0.2, 0.25) is 0 Å². The highest BCUT2D eigenvalue weighted by molar-refractivity contribution is 5.19. The Bertz CT molecular complexity index is 464. The summed E-state index contributed by atoms with van der Waals surface area (Å²) < 4.78 is 2.20. The average Bonchev–Trinajstić information content (AvgIpc) is 2.88. The largest absolute Gasteiger partial charge is 0.394 e. The van der Waals surface area contributed by atoms with Crippen molar-refractivity contribution in [1.29, 1.82) is 0 Å². The quantitative estimate of drug-likeness (QED) is 0.818. The lowest BCUT2D eigenvalue weighted by molar-refractivity contribution is 0.243. The van der Waals surface area contributed by atoms with Gasteiger partial charge in [-0.2, -0.15) is 0 Å². The number of nitrogens with zero attached hydrogens (tertiary/aromatic N) is 1. The number of nitrogens with one attached hydrogen (secondary N) is 1. The second-order valence-corrected chi connectivity index (χ2v) is 4.31. The van der Waals surface area contributed by atoms with E-state index in [1.54, 1.807) is 0 Å². The molecule has 2 N–H and O–H groups in total. The van der Waals surface area contributed by atoms with Gasteiger partial charge >= 0.3 is 0 Å². The number of aryl methyl sites for hydroxylation is 1. The van der Waals surface area contributed by atoms with E-state index >= 15 is 0 Å². The van der Waals surface area contributed by atoms with Gasteiger partial charge in [-0.1, -0.05) is 30.3 Å². The molecule has 1 aromatic carbocycles. The van der Waals surface area contributed by atoms with Crippen molar-refractivity contribution >= 4 is 0 Å². The van der Waals surface area contributed by atoms with Crippen LogP contribution in [0.5, 0.6) is 0 Å². The molecule has 0 aliphatic rings. The van der Waals surface area contributed by atoms with Crippen LogP contribution in [0.25, 0.3) is 0 Å². The lowest BCUT2D eigenvalue weighted by Crippen LogP contribution is -2.25. The van der Waals surface area contributed by atoms with Gasteiger partial charge in [-0.15, -0.1) is 0 Å². The third kappa shape index (κ3) is 3.00. The maximum atomic E-state index is 9.47. The van der Waals surface area contributed by atoms with Crippen LogP contribution in [0, 0.1) is 0 Å². The number of rotatable bonds is 6. The summed E-state index contributed by atoms with van der Waals surface area (Å²) in [5.74, 6) is 0. The molecule has 0 fully saturated rings. The van der Waals surface area contributed by atoms with Crippen molar-refractivity contribution in [1.82, 2.24) is 9.88 Å². The van der Waals surface area contributed by atoms with E-state index < -0.39 is 0 Å². The number of benzene rings is 1. The summed E-state index contributed by atoms with van der Waals surface area (Å²) in [6.45, 7) is 3.97. The Morgan fingerprint density at radius 1 is 1.17 bits per heavy atom. The van der Waals surface area contributed by atoms with E-state index in [1.165, 1.54) is 5.69 Å². The lowest BCUT2D eigenvalue weighted by atomic mass is 10.1. The highest BCUT2D eigenvalue weighted by Crippen LogP contribution is 2.13. The first-order chi connectivity index (χ1) is 8.85. The minimum atomic E-state index is -0.00796. The van der Waals surface area contributed by atoms with E-state index in [9.17, 15) is 5.11 Å². The monoisotopic (exact) mass is 244 g/mol. The molecule has 0 amide bonds. The maximum absolute atomic E-state index is 9.47. The van der Waals surface area contributed by atoms with Gasteiger partial charge < -0.3 is 15.0 Å². The Kier molecular flexibility index (Phi) is 4.56. The zero-order chi connectivity index (χ0) is 12.8. The second-order valence-electron chi connectivity index (χ2n) is 4.31. The molecule has 1 aromatic heterocycles. The second kappa shape index (κ2) is 6.38. The highest BCUT2D eigenvalue weighted by atomic mass is 16.3. The molecule has 1 atom stereocenters. The molecular formula is C15H20N2O. The fourth-order valence-corrected chi connectivity index (χ4v) is 2.12. The van der Waals surface area contributed by atoms with E-state index in [-0.39, 0.29) is 12.6 Å². The minimum absolute atomic E-state index is 0.00796.